The van der Waals surface area contributed by atoms with Gasteiger partial charge in [-0.25, -0.2) is 0 Å². The minimum atomic E-state index is 0.820. The SMILES string of the molecule is CCC1CCC(Sc2ccc(N)c(C)c2)CC1. The Bertz CT molecular complexity index is 367. The fourth-order valence-electron chi connectivity index (χ4n) is 2.57. The van der Waals surface area contributed by atoms with Crippen LogP contribution in [0.15, 0.2) is 23.1 Å². The second-order valence-corrected chi connectivity index (χ2v) is 6.56. The summed E-state index contributed by atoms with van der Waals surface area (Å²) in [6.07, 6.45) is 6.96. The fourth-order valence-corrected chi connectivity index (χ4v) is 3.86. The average Bonchev–Trinajstić information content (AvgIpc) is 2.35. The second kappa shape index (κ2) is 5.81. The first kappa shape index (κ1) is 12.8. The van der Waals surface area contributed by atoms with Crippen LogP contribution in [0, 0.1) is 12.8 Å². The summed E-state index contributed by atoms with van der Waals surface area (Å²) >= 11 is 2.04. The molecule has 0 spiro atoms. The largest absolute Gasteiger partial charge is 0.399 e. The highest BCUT2D eigenvalue weighted by molar-refractivity contribution is 8.00. The van der Waals surface area contributed by atoms with Gasteiger partial charge in [0, 0.05) is 15.8 Å². The highest BCUT2D eigenvalue weighted by atomic mass is 32.2. The summed E-state index contributed by atoms with van der Waals surface area (Å²) in [7, 11) is 0. The number of nitrogen functional groups attached to an aromatic ring is 1. The zero-order chi connectivity index (χ0) is 12.3. The zero-order valence-electron chi connectivity index (χ0n) is 10.9. The van der Waals surface area contributed by atoms with Gasteiger partial charge >= 0.3 is 0 Å². The van der Waals surface area contributed by atoms with Crippen molar-refractivity contribution >= 4 is 17.4 Å². The first-order chi connectivity index (χ1) is 8.19. The lowest BCUT2D eigenvalue weighted by atomic mass is 9.87. The molecular weight excluding hydrogens is 226 g/mol. The molecule has 1 saturated carbocycles. The first-order valence-corrected chi connectivity index (χ1v) is 7.59. The number of rotatable bonds is 3. The van der Waals surface area contributed by atoms with Gasteiger partial charge in [0.1, 0.15) is 0 Å². The van der Waals surface area contributed by atoms with Gasteiger partial charge in [0.15, 0.2) is 0 Å². The number of thioether (sulfide) groups is 1. The van der Waals surface area contributed by atoms with E-state index < -0.39 is 0 Å². The molecule has 0 bridgehead atoms. The average molecular weight is 249 g/mol. The van der Waals surface area contributed by atoms with Crippen LogP contribution in [0.25, 0.3) is 0 Å². The van der Waals surface area contributed by atoms with Crippen molar-refractivity contribution in [1.82, 2.24) is 0 Å². The molecule has 1 fully saturated rings. The number of anilines is 1. The lowest BCUT2D eigenvalue weighted by Gasteiger charge is -2.27. The molecule has 0 aromatic heterocycles. The van der Waals surface area contributed by atoms with Crippen molar-refractivity contribution in [2.75, 3.05) is 5.73 Å². The number of aryl methyl sites for hydroxylation is 1. The zero-order valence-corrected chi connectivity index (χ0v) is 11.7. The summed E-state index contributed by atoms with van der Waals surface area (Å²) in [5, 5.41) is 0.820. The van der Waals surface area contributed by atoms with E-state index in [-0.39, 0.29) is 0 Å². The van der Waals surface area contributed by atoms with Crippen LogP contribution in [0.5, 0.6) is 0 Å². The molecule has 0 radical (unpaired) electrons. The number of hydrogen-bond acceptors (Lipinski definition) is 2. The van der Waals surface area contributed by atoms with Crippen LogP contribution in [0.2, 0.25) is 0 Å². The molecule has 1 aliphatic rings. The van der Waals surface area contributed by atoms with Gasteiger partial charge in [0.25, 0.3) is 0 Å². The lowest BCUT2D eigenvalue weighted by Crippen LogP contribution is -2.15. The molecule has 0 saturated heterocycles. The molecule has 0 atom stereocenters. The second-order valence-electron chi connectivity index (χ2n) is 5.19. The van der Waals surface area contributed by atoms with Gasteiger partial charge in [-0.15, -0.1) is 11.8 Å². The highest BCUT2D eigenvalue weighted by Crippen LogP contribution is 2.37. The molecule has 94 valence electrons. The van der Waals surface area contributed by atoms with Crippen molar-refractivity contribution in [3.63, 3.8) is 0 Å². The van der Waals surface area contributed by atoms with Crippen LogP contribution in [-0.4, -0.2) is 5.25 Å². The van der Waals surface area contributed by atoms with E-state index >= 15 is 0 Å². The van der Waals surface area contributed by atoms with Gasteiger partial charge in [-0.2, -0.15) is 0 Å². The molecule has 1 nitrogen and oxygen atoms in total. The van der Waals surface area contributed by atoms with E-state index in [1.54, 1.807) is 0 Å². The third-order valence-electron chi connectivity index (χ3n) is 3.92. The van der Waals surface area contributed by atoms with Crippen LogP contribution >= 0.6 is 11.8 Å². The molecule has 1 aliphatic carbocycles. The maximum absolute atomic E-state index is 5.85. The normalized spacial score (nSPS) is 24.8. The third-order valence-corrected chi connectivity index (χ3v) is 5.25. The molecule has 2 heteroatoms. The Morgan fingerprint density at radius 2 is 1.94 bits per heavy atom. The topological polar surface area (TPSA) is 26.0 Å². The van der Waals surface area contributed by atoms with Crippen molar-refractivity contribution in [3.8, 4) is 0 Å². The van der Waals surface area contributed by atoms with Crippen LogP contribution < -0.4 is 5.73 Å². The molecule has 1 aromatic carbocycles. The van der Waals surface area contributed by atoms with Crippen LogP contribution in [0.3, 0.4) is 0 Å². The van der Waals surface area contributed by atoms with Crippen LogP contribution in [-0.2, 0) is 0 Å². The molecule has 17 heavy (non-hydrogen) atoms. The van der Waals surface area contributed by atoms with E-state index in [9.17, 15) is 0 Å². The number of nitrogens with two attached hydrogens (primary N) is 1. The smallest absolute Gasteiger partial charge is 0.0344 e. The first-order valence-electron chi connectivity index (χ1n) is 6.71. The maximum Gasteiger partial charge on any atom is 0.0344 e. The Morgan fingerprint density at radius 3 is 2.53 bits per heavy atom. The fraction of sp³-hybridized carbons (Fsp3) is 0.600. The Kier molecular flexibility index (Phi) is 4.38. The van der Waals surface area contributed by atoms with Gasteiger partial charge in [0.2, 0.25) is 0 Å². The minimum absolute atomic E-state index is 0.820. The molecular formula is C15H23NS. The lowest BCUT2D eigenvalue weighted by molar-refractivity contribution is 0.356. The van der Waals surface area contributed by atoms with Gasteiger partial charge in [0.05, 0.1) is 0 Å². The van der Waals surface area contributed by atoms with Gasteiger partial charge in [-0.1, -0.05) is 13.3 Å². The van der Waals surface area contributed by atoms with Crippen LogP contribution in [0.1, 0.15) is 44.6 Å². The van der Waals surface area contributed by atoms with Gasteiger partial charge in [-0.3, -0.25) is 0 Å². The predicted molar refractivity (Wildman–Crippen MR) is 77.5 cm³/mol. The monoisotopic (exact) mass is 249 g/mol. The highest BCUT2D eigenvalue weighted by Gasteiger charge is 2.20. The van der Waals surface area contributed by atoms with Crippen molar-refractivity contribution in [1.29, 1.82) is 0 Å². The van der Waals surface area contributed by atoms with E-state index in [1.165, 1.54) is 42.6 Å². The summed E-state index contributed by atoms with van der Waals surface area (Å²) in [5.74, 6) is 0.986. The quantitative estimate of drug-likeness (QED) is 0.790. The summed E-state index contributed by atoms with van der Waals surface area (Å²) in [6, 6.07) is 6.43. The van der Waals surface area contributed by atoms with Gasteiger partial charge < -0.3 is 5.73 Å². The van der Waals surface area contributed by atoms with E-state index in [4.69, 9.17) is 5.73 Å². The van der Waals surface area contributed by atoms with Crippen molar-refractivity contribution in [2.45, 2.75) is 56.1 Å². The molecule has 2 rings (SSSR count). The van der Waals surface area contributed by atoms with Gasteiger partial charge in [-0.05, 0) is 62.3 Å². The molecule has 0 heterocycles. The number of benzene rings is 1. The Hall–Kier alpha value is -0.630. The van der Waals surface area contributed by atoms with Crippen molar-refractivity contribution in [3.05, 3.63) is 23.8 Å². The van der Waals surface area contributed by atoms with E-state index in [2.05, 4.69) is 26.0 Å². The maximum atomic E-state index is 5.85. The molecule has 2 N–H and O–H groups in total. The molecule has 0 aliphatic heterocycles. The van der Waals surface area contributed by atoms with E-state index in [1.807, 2.05) is 17.8 Å². The van der Waals surface area contributed by atoms with Crippen molar-refractivity contribution < 1.29 is 0 Å². The molecule has 0 unspecified atom stereocenters. The Balaban J connectivity index is 1.91. The summed E-state index contributed by atoms with van der Waals surface area (Å²) in [5.41, 5.74) is 7.96. The molecule has 0 amide bonds. The van der Waals surface area contributed by atoms with E-state index in [0.717, 1.165) is 16.9 Å². The standard InChI is InChI=1S/C15H23NS/c1-3-12-4-6-13(7-5-12)17-14-8-9-15(16)11(2)10-14/h8-10,12-13H,3-7,16H2,1-2H3. The third kappa shape index (κ3) is 3.41. The summed E-state index contributed by atoms with van der Waals surface area (Å²) in [6.45, 7) is 4.41. The number of hydrogen-bond donors (Lipinski definition) is 1. The van der Waals surface area contributed by atoms with Crippen LogP contribution in [0.4, 0.5) is 5.69 Å². The van der Waals surface area contributed by atoms with E-state index in [0.29, 0.717) is 0 Å². The Labute approximate surface area is 109 Å². The Morgan fingerprint density at radius 1 is 1.24 bits per heavy atom. The molecule has 1 aromatic rings. The summed E-state index contributed by atoms with van der Waals surface area (Å²) in [4.78, 5) is 1.39. The summed E-state index contributed by atoms with van der Waals surface area (Å²) < 4.78 is 0. The predicted octanol–water partition coefficient (Wildman–Crippen LogP) is 4.64. The van der Waals surface area contributed by atoms with Crippen molar-refractivity contribution in [2.24, 2.45) is 5.92 Å². The minimum Gasteiger partial charge on any atom is -0.399 e.